The van der Waals surface area contributed by atoms with Crippen molar-refractivity contribution in [3.8, 4) is 79.4 Å². The van der Waals surface area contributed by atoms with E-state index < -0.39 is 5.41 Å². The molecule has 0 fully saturated rings. The van der Waals surface area contributed by atoms with Gasteiger partial charge in [-0.3, -0.25) is 0 Å². The summed E-state index contributed by atoms with van der Waals surface area (Å²) in [6, 6.07) is 74.2. The number of rotatable bonds is 6. The van der Waals surface area contributed by atoms with Crippen molar-refractivity contribution < 1.29 is 9.47 Å². The number of aromatic nitrogens is 3. The van der Waals surface area contributed by atoms with E-state index in [1.807, 2.05) is 42.5 Å². The quantitative estimate of drug-likeness (QED) is 0.167. The minimum atomic E-state index is -0.563. The summed E-state index contributed by atoms with van der Waals surface area (Å²) in [7, 11) is 0. The molecule has 64 heavy (non-hydrogen) atoms. The third-order valence-corrected chi connectivity index (χ3v) is 13.8. The second kappa shape index (κ2) is 14.4. The van der Waals surface area contributed by atoms with E-state index in [1.165, 1.54) is 36.9 Å². The summed E-state index contributed by atoms with van der Waals surface area (Å²) >= 11 is 1.79. The van der Waals surface area contributed by atoms with Gasteiger partial charge in [-0.15, -0.1) is 11.3 Å². The highest BCUT2D eigenvalue weighted by molar-refractivity contribution is 7.25. The Balaban J connectivity index is 0.939. The third-order valence-electron chi connectivity index (χ3n) is 12.7. The lowest BCUT2D eigenvalue weighted by Crippen LogP contribution is -2.28. The van der Waals surface area contributed by atoms with Gasteiger partial charge < -0.3 is 9.47 Å². The van der Waals surface area contributed by atoms with Crippen molar-refractivity contribution in [2.75, 3.05) is 0 Å². The summed E-state index contributed by atoms with van der Waals surface area (Å²) in [4.78, 5) is 15.3. The van der Waals surface area contributed by atoms with Gasteiger partial charge in [-0.25, -0.2) is 15.0 Å². The van der Waals surface area contributed by atoms with Gasteiger partial charge in [0.1, 0.15) is 0 Å². The first-order valence-corrected chi connectivity index (χ1v) is 22.2. The Bertz CT molecular complexity index is 3590. The zero-order chi connectivity index (χ0) is 42.2. The molecule has 300 valence electrons. The topological polar surface area (TPSA) is 57.1 Å². The molecule has 2 aliphatic rings. The molecule has 0 radical (unpaired) electrons. The fraction of sp³-hybridized carbons (Fsp3) is 0.0172. The fourth-order valence-electron chi connectivity index (χ4n) is 9.85. The van der Waals surface area contributed by atoms with Gasteiger partial charge >= 0.3 is 0 Å². The number of hydrogen-bond donors (Lipinski definition) is 0. The van der Waals surface area contributed by atoms with Gasteiger partial charge in [0, 0.05) is 48.0 Å². The molecule has 5 nitrogen and oxygen atoms in total. The first-order chi connectivity index (χ1) is 31.7. The number of ether oxygens (including phenoxy) is 2. The maximum absolute atomic E-state index is 7.22. The Morgan fingerprint density at radius 3 is 1.72 bits per heavy atom. The van der Waals surface area contributed by atoms with Crippen molar-refractivity contribution in [2.45, 2.75) is 5.41 Å². The molecule has 0 unspecified atom stereocenters. The van der Waals surface area contributed by atoms with Crippen LogP contribution >= 0.6 is 11.3 Å². The molecule has 1 aliphatic carbocycles. The van der Waals surface area contributed by atoms with Crippen LogP contribution in [0.5, 0.6) is 23.0 Å². The first-order valence-electron chi connectivity index (χ1n) is 21.4. The second-order valence-electron chi connectivity index (χ2n) is 16.2. The molecule has 0 amide bonds. The van der Waals surface area contributed by atoms with Crippen LogP contribution in [0, 0.1) is 0 Å². The Labute approximate surface area is 373 Å². The maximum atomic E-state index is 7.22. The van der Waals surface area contributed by atoms with E-state index in [0.29, 0.717) is 40.5 Å². The van der Waals surface area contributed by atoms with E-state index in [9.17, 15) is 0 Å². The van der Waals surface area contributed by atoms with Gasteiger partial charge in [0.2, 0.25) is 0 Å². The molecule has 3 heterocycles. The van der Waals surface area contributed by atoms with E-state index >= 15 is 0 Å². The van der Waals surface area contributed by atoms with Crippen LogP contribution in [0.4, 0.5) is 0 Å². The smallest absolute Gasteiger partial charge is 0.178 e. The lowest BCUT2D eigenvalue weighted by atomic mass is 9.68. The normalized spacial score (nSPS) is 13.1. The van der Waals surface area contributed by atoms with E-state index in [2.05, 4.69) is 170 Å². The molecule has 0 saturated heterocycles. The molecular formula is C58H35N3O2S. The Hall–Kier alpha value is -8.19. The maximum Gasteiger partial charge on any atom is 0.178 e. The molecule has 0 spiro atoms. The van der Waals surface area contributed by atoms with Crippen molar-refractivity contribution in [2.24, 2.45) is 0 Å². The van der Waals surface area contributed by atoms with Crippen molar-refractivity contribution in [3.05, 3.63) is 235 Å². The van der Waals surface area contributed by atoms with Crippen LogP contribution in [0.2, 0.25) is 0 Å². The van der Waals surface area contributed by atoms with Crippen LogP contribution in [-0.2, 0) is 5.41 Å². The Morgan fingerprint density at radius 2 is 0.938 bits per heavy atom. The zero-order valence-electron chi connectivity index (χ0n) is 34.3. The Morgan fingerprint density at radius 1 is 0.359 bits per heavy atom. The largest absolute Gasteiger partial charge is 0.449 e. The third kappa shape index (κ3) is 5.59. The fourth-order valence-corrected chi connectivity index (χ4v) is 11.0. The number of para-hydroxylation sites is 1. The molecule has 13 rings (SSSR count). The van der Waals surface area contributed by atoms with Crippen LogP contribution in [0.1, 0.15) is 22.3 Å². The molecule has 2 aromatic heterocycles. The average Bonchev–Trinajstić information content (AvgIpc) is 3.90. The van der Waals surface area contributed by atoms with Crippen molar-refractivity contribution in [3.63, 3.8) is 0 Å². The summed E-state index contributed by atoms with van der Waals surface area (Å²) in [5, 5.41) is 2.49. The summed E-state index contributed by atoms with van der Waals surface area (Å²) in [5.74, 6) is 4.53. The summed E-state index contributed by atoms with van der Waals surface area (Å²) in [6.07, 6.45) is 0. The lowest BCUT2D eigenvalue weighted by molar-refractivity contribution is 0.361. The molecule has 0 atom stereocenters. The molecule has 1 aliphatic heterocycles. The molecule has 0 saturated carbocycles. The van der Waals surface area contributed by atoms with E-state index in [0.717, 1.165) is 44.5 Å². The van der Waals surface area contributed by atoms with E-state index in [4.69, 9.17) is 24.4 Å². The van der Waals surface area contributed by atoms with Crippen molar-refractivity contribution >= 4 is 31.5 Å². The van der Waals surface area contributed by atoms with Gasteiger partial charge in [-0.05, 0) is 63.7 Å². The standard InChI is InChI=1S/C58H35N3O2S/c1-4-16-36(17-5-1)55-59-56(61-57(60-55)39-30-31-44-43-24-11-13-29-50(43)64-51(44)35-39)38-19-14-18-37(34-38)42-26-15-28-48-53(42)63-54-49(62-48)33-32-47-52(54)45-25-10-12-27-46(45)58(47,40-20-6-2-7-21-40)41-22-8-3-9-23-41/h1-35H. The SMILES string of the molecule is c1ccc(-c2nc(-c3cccc(-c4cccc5c4Oc4c(ccc6c4-c4ccccc4C6(c4ccccc4)c4ccccc4)O5)c3)nc(-c3ccc4c(c3)sc3ccccc34)n2)cc1. The van der Waals surface area contributed by atoms with Crippen LogP contribution in [0.25, 0.3) is 76.6 Å². The van der Waals surface area contributed by atoms with Gasteiger partial charge in [0.15, 0.2) is 40.5 Å². The predicted molar refractivity (Wildman–Crippen MR) is 258 cm³/mol. The van der Waals surface area contributed by atoms with E-state index in [1.54, 1.807) is 11.3 Å². The Kier molecular flexibility index (Phi) is 8.23. The molecular weight excluding hydrogens is 803 g/mol. The van der Waals surface area contributed by atoms with Crippen LogP contribution in [-0.4, -0.2) is 15.0 Å². The lowest BCUT2D eigenvalue weighted by Gasteiger charge is -2.34. The highest BCUT2D eigenvalue weighted by atomic mass is 32.1. The minimum Gasteiger partial charge on any atom is -0.449 e. The van der Waals surface area contributed by atoms with Crippen molar-refractivity contribution in [1.82, 2.24) is 15.0 Å². The minimum absolute atomic E-state index is 0.563. The van der Waals surface area contributed by atoms with Gasteiger partial charge in [-0.1, -0.05) is 182 Å². The van der Waals surface area contributed by atoms with Gasteiger partial charge in [0.05, 0.1) is 5.41 Å². The molecule has 11 aromatic rings. The molecule has 0 bridgehead atoms. The van der Waals surface area contributed by atoms with Crippen LogP contribution in [0.3, 0.4) is 0 Å². The average molecular weight is 838 g/mol. The summed E-state index contributed by atoms with van der Waals surface area (Å²) in [5.41, 5.74) is 10.9. The van der Waals surface area contributed by atoms with Gasteiger partial charge in [0.25, 0.3) is 0 Å². The number of hydrogen-bond acceptors (Lipinski definition) is 6. The first kappa shape index (κ1) is 36.5. The van der Waals surface area contributed by atoms with Crippen LogP contribution in [0.15, 0.2) is 212 Å². The highest BCUT2D eigenvalue weighted by Gasteiger charge is 2.48. The number of thiophene rings is 1. The van der Waals surface area contributed by atoms with Crippen molar-refractivity contribution in [1.29, 1.82) is 0 Å². The highest BCUT2D eigenvalue weighted by Crippen LogP contribution is 2.63. The summed E-state index contributed by atoms with van der Waals surface area (Å²) in [6.45, 7) is 0. The molecule has 9 aromatic carbocycles. The number of benzene rings is 9. The zero-order valence-corrected chi connectivity index (χ0v) is 35.1. The molecule has 0 N–H and O–H groups in total. The van der Waals surface area contributed by atoms with Gasteiger partial charge in [-0.2, -0.15) is 0 Å². The van der Waals surface area contributed by atoms with E-state index in [-0.39, 0.29) is 0 Å². The predicted octanol–water partition coefficient (Wildman–Crippen LogP) is 15.2. The number of nitrogens with zero attached hydrogens (tertiary/aromatic N) is 3. The van der Waals surface area contributed by atoms with Crippen LogP contribution < -0.4 is 9.47 Å². The second-order valence-corrected chi connectivity index (χ2v) is 17.3. The monoisotopic (exact) mass is 837 g/mol. The summed E-state index contributed by atoms with van der Waals surface area (Å²) < 4.78 is 16.5. The number of fused-ring (bicyclic) bond motifs is 9. The molecule has 6 heteroatoms.